The first kappa shape index (κ1) is 32.6. The molecule has 3 N–H and O–H groups in total. The first-order chi connectivity index (χ1) is 19.1. The molecule has 0 bridgehead atoms. The number of aromatic amines is 1. The molecule has 1 aromatic heterocycles. The fourth-order valence-corrected chi connectivity index (χ4v) is 6.36. The molecule has 0 aliphatic carbocycles. The van der Waals surface area contributed by atoms with E-state index in [1.54, 1.807) is 65.0 Å². The summed E-state index contributed by atoms with van der Waals surface area (Å²) < 4.78 is 29.9. The molecular formula is C26H36N3O10PS. The number of para-hydroxylation sites is 1. The van der Waals surface area contributed by atoms with Crippen LogP contribution in [0.15, 0.2) is 52.2 Å². The number of carbonyl (C=O) groups is 2. The lowest BCUT2D eigenvalue weighted by molar-refractivity contribution is -0.167. The van der Waals surface area contributed by atoms with Crippen LogP contribution in [0.2, 0.25) is 0 Å². The number of rotatable bonds is 12. The Morgan fingerprint density at radius 3 is 2.39 bits per heavy atom. The fraction of sp³-hybridized carbons (Fsp3) is 0.538. The zero-order valence-corrected chi connectivity index (χ0v) is 25.3. The molecule has 0 saturated carbocycles. The van der Waals surface area contributed by atoms with Gasteiger partial charge in [-0.05, 0) is 51.6 Å². The molecule has 15 heteroatoms. The SMILES string of the molecule is CC(C)OC(=O)[C@H](C)NP(=S)(OC[C@H]1O[C@@H](n2ccc(=O)[nH]c2=O)[C@](C)(O)[C@@H]1OC(=O)C(C)C)Oc1ccccc1. The van der Waals surface area contributed by atoms with E-state index in [9.17, 15) is 24.3 Å². The normalized spacial score (nSPS) is 24.6. The van der Waals surface area contributed by atoms with E-state index >= 15 is 0 Å². The summed E-state index contributed by atoms with van der Waals surface area (Å²) in [5, 5.41) is 14.4. The van der Waals surface area contributed by atoms with Crippen molar-refractivity contribution in [2.24, 2.45) is 5.92 Å². The topological polar surface area (TPSA) is 167 Å². The number of hydrogen-bond acceptors (Lipinski definition) is 11. The summed E-state index contributed by atoms with van der Waals surface area (Å²) >= 11 is 5.74. The van der Waals surface area contributed by atoms with Gasteiger partial charge in [0.25, 0.3) is 5.56 Å². The van der Waals surface area contributed by atoms with Gasteiger partial charge in [-0.15, -0.1) is 0 Å². The van der Waals surface area contributed by atoms with Crippen LogP contribution in [0.1, 0.15) is 47.8 Å². The van der Waals surface area contributed by atoms with E-state index in [0.717, 1.165) is 16.8 Å². The molecule has 1 unspecified atom stereocenters. The van der Waals surface area contributed by atoms with Crippen LogP contribution in [0.5, 0.6) is 5.75 Å². The van der Waals surface area contributed by atoms with E-state index in [-0.39, 0.29) is 12.7 Å². The van der Waals surface area contributed by atoms with Crippen LogP contribution < -0.4 is 20.9 Å². The fourth-order valence-electron chi connectivity index (χ4n) is 3.94. The van der Waals surface area contributed by atoms with E-state index in [4.69, 9.17) is 35.1 Å². The van der Waals surface area contributed by atoms with Gasteiger partial charge in [0.2, 0.25) is 0 Å². The maximum atomic E-state index is 12.6. The number of nitrogens with one attached hydrogen (secondary N) is 2. The van der Waals surface area contributed by atoms with Crippen LogP contribution in [0.4, 0.5) is 0 Å². The van der Waals surface area contributed by atoms with Crippen molar-refractivity contribution in [1.82, 2.24) is 14.6 Å². The van der Waals surface area contributed by atoms with Crippen molar-refractivity contribution in [3.63, 3.8) is 0 Å². The molecule has 0 amide bonds. The molecule has 226 valence electrons. The van der Waals surface area contributed by atoms with Crippen molar-refractivity contribution in [3.05, 3.63) is 63.4 Å². The van der Waals surface area contributed by atoms with Crippen molar-refractivity contribution in [1.29, 1.82) is 0 Å². The van der Waals surface area contributed by atoms with Gasteiger partial charge in [-0.3, -0.25) is 23.9 Å². The Hall–Kier alpha value is -2.87. The first-order valence-corrected chi connectivity index (χ1v) is 15.6. The molecule has 41 heavy (non-hydrogen) atoms. The highest BCUT2D eigenvalue weighted by molar-refractivity contribution is 8.09. The Balaban J connectivity index is 1.92. The minimum atomic E-state index is -3.51. The third kappa shape index (κ3) is 8.34. The van der Waals surface area contributed by atoms with Crippen molar-refractivity contribution >= 4 is 30.4 Å². The number of ether oxygens (including phenoxy) is 3. The molecule has 1 aliphatic rings. The second-order valence-corrected chi connectivity index (χ2v) is 13.5. The van der Waals surface area contributed by atoms with Gasteiger partial charge in [-0.1, -0.05) is 32.0 Å². The summed E-state index contributed by atoms with van der Waals surface area (Å²) in [4.78, 5) is 51.4. The quantitative estimate of drug-likeness (QED) is 0.236. The van der Waals surface area contributed by atoms with Gasteiger partial charge < -0.3 is 28.4 Å². The Labute approximate surface area is 242 Å². The summed E-state index contributed by atoms with van der Waals surface area (Å²) in [6.45, 7) is 5.67. The molecule has 1 saturated heterocycles. The van der Waals surface area contributed by atoms with Crippen LogP contribution in [-0.4, -0.2) is 63.2 Å². The number of esters is 2. The molecule has 0 spiro atoms. The van der Waals surface area contributed by atoms with Gasteiger partial charge in [0.05, 0.1) is 18.6 Å². The number of carbonyl (C=O) groups excluding carboxylic acids is 2. The second kappa shape index (κ2) is 13.4. The summed E-state index contributed by atoms with van der Waals surface area (Å²) in [5.41, 5.74) is -3.41. The molecule has 3 rings (SSSR count). The average molecular weight is 614 g/mol. The number of aromatic nitrogens is 2. The highest BCUT2D eigenvalue weighted by Crippen LogP contribution is 2.47. The highest BCUT2D eigenvalue weighted by atomic mass is 32.5. The third-order valence-corrected chi connectivity index (χ3v) is 8.47. The largest absolute Gasteiger partial charge is 0.462 e. The average Bonchev–Trinajstić information content (AvgIpc) is 3.12. The number of benzene rings is 1. The van der Waals surface area contributed by atoms with Gasteiger partial charge in [0.15, 0.2) is 12.3 Å². The second-order valence-electron chi connectivity index (χ2n) is 10.3. The molecular weight excluding hydrogens is 577 g/mol. The van der Waals surface area contributed by atoms with Crippen molar-refractivity contribution in [2.75, 3.05) is 6.61 Å². The van der Waals surface area contributed by atoms with Gasteiger partial charge in [-0.2, -0.15) is 0 Å². The maximum absolute atomic E-state index is 12.6. The molecule has 6 atom stereocenters. The van der Waals surface area contributed by atoms with Gasteiger partial charge in [-0.25, -0.2) is 9.88 Å². The number of H-pyrrole nitrogens is 1. The minimum Gasteiger partial charge on any atom is -0.462 e. The molecule has 0 radical (unpaired) electrons. The van der Waals surface area contributed by atoms with Crippen molar-refractivity contribution in [2.45, 2.75) is 77.7 Å². The summed E-state index contributed by atoms with van der Waals surface area (Å²) in [7, 11) is 0. The lowest BCUT2D eigenvalue weighted by Gasteiger charge is -2.31. The Kier molecular flexibility index (Phi) is 10.7. The van der Waals surface area contributed by atoms with Crippen molar-refractivity contribution in [3.8, 4) is 5.75 Å². The standard InChI is InChI=1S/C26H36N3O10PS/c1-15(2)22(31)38-21-19(37-24(26(21,6)34)29-13-12-20(30)27-25(29)33)14-35-40(41,39-18-10-8-7-9-11-18)28-17(5)23(32)36-16(3)4/h7-13,15-17,19,21,24,34H,14H2,1-6H3,(H,28,41)(H,27,30,33)/t17-,19+,21+,24+,26+,40?/m0/s1. The van der Waals surface area contributed by atoms with E-state index in [2.05, 4.69) is 10.1 Å². The molecule has 1 aliphatic heterocycles. The third-order valence-electron chi connectivity index (χ3n) is 5.97. The van der Waals surface area contributed by atoms with Crippen LogP contribution in [-0.2, 0) is 40.1 Å². The Bertz CT molecular complexity index is 1380. The molecule has 1 aromatic carbocycles. The van der Waals surface area contributed by atoms with E-state index in [1.807, 2.05) is 0 Å². The number of aliphatic hydroxyl groups is 1. The van der Waals surface area contributed by atoms with E-state index in [0.29, 0.717) is 5.75 Å². The van der Waals surface area contributed by atoms with Crippen LogP contribution >= 0.6 is 6.64 Å². The summed E-state index contributed by atoms with van der Waals surface area (Å²) in [5.74, 6) is -1.37. The van der Waals surface area contributed by atoms with E-state index in [1.165, 1.54) is 6.92 Å². The van der Waals surface area contributed by atoms with Crippen LogP contribution in [0.3, 0.4) is 0 Å². The van der Waals surface area contributed by atoms with Crippen LogP contribution in [0.25, 0.3) is 0 Å². The maximum Gasteiger partial charge on any atom is 0.330 e. The molecule has 2 aromatic rings. The van der Waals surface area contributed by atoms with Gasteiger partial charge in [0.1, 0.15) is 23.5 Å². The van der Waals surface area contributed by atoms with Crippen molar-refractivity contribution < 1.29 is 38.0 Å². The zero-order valence-electron chi connectivity index (χ0n) is 23.6. The monoisotopic (exact) mass is 613 g/mol. The first-order valence-electron chi connectivity index (χ1n) is 13.0. The van der Waals surface area contributed by atoms with Gasteiger partial charge in [0, 0.05) is 12.3 Å². The summed E-state index contributed by atoms with van der Waals surface area (Å²) in [6, 6.07) is 8.75. The number of nitrogens with zero attached hydrogens (tertiary/aromatic N) is 1. The van der Waals surface area contributed by atoms with E-state index < -0.39 is 65.8 Å². The lowest BCUT2D eigenvalue weighted by Crippen LogP contribution is -2.49. The van der Waals surface area contributed by atoms with Crippen LogP contribution in [0, 0.1) is 5.92 Å². The predicted molar refractivity (Wildman–Crippen MR) is 152 cm³/mol. The minimum absolute atomic E-state index is 0.362. The predicted octanol–water partition coefficient (Wildman–Crippen LogP) is 2.00. The molecule has 2 heterocycles. The highest BCUT2D eigenvalue weighted by Gasteiger charge is 2.57. The smallest absolute Gasteiger partial charge is 0.330 e. The lowest BCUT2D eigenvalue weighted by atomic mass is 9.96. The Morgan fingerprint density at radius 2 is 1.80 bits per heavy atom. The Morgan fingerprint density at radius 1 is 1.15 bits per heavy atom. The number of hydrogen-bond donors (Lipinski definition) is 3. The van der Waals surface area contributed by atoms with Gasteiger partial charge >= 0.3 is 24.3 Å². The summed E-state index contributed by atoms with van der Waals surface area (Å²) in [6.07, 6.45) is -3.02. The molecule has 1 fully saturated rings. The zero-order chi connectivity index (χ0) is 30.5. The molecule has 13 nitrogen and oxygen atoms in total.